The average Bonchev–Trinajstić information content (AvgIpc) is 3.29. The molecule has 0 spiro atoms. The number of hydrogen-bond acceptors (Lipinski definition) is 6. The van der Waals surface area contributed by atoms with Crippen LogP contribution >= 0.6 is 0 Å². The topological polar surface area (TPSA) is 168 Å². The zero-order valence-electron chi connectivity index (χ0n) is 20.5. The summed E-state index contributed by atoms with van der Waals surface area (Å²) in [5.41, 5.74) is 11.5. The molecule has 1 rings (SSSR count). The van der Waals surface area contributed by atoms with Crippen LogP contribution in [-0.2, 0) is 19.2 Å². The second-order valence-corrected chi connectivity index (χ2v) is 9.16. The Kier molecular flexibility index (Phi) is 12.4. The number of unbranched alkanes of at least 4 members (excludes halogenated alkanes) is 1. The third-order valence-electron chi connectivity index (χ3n) is 6.70. The van der Waals surface area contributed by atoms with E-state index in [1.807, 2.05) is 20.8 Å². The average molecular weight is 470 g/mol. The normalized spacial score (nSPS) is 20.4. The Hall–Kier alpha value is -2.20. The zero-order chi connectivity index (χ0) is 25.1. The van der Waals surface area contributed by atoms with Gasteiger partial charge < -0.3 is 32.1 Å². The number of aliphatic carboxylic acids is 1. The maximum atomic E-state index is 13.4. The van der Waals surface area contributed by atoms with Crippen LogP contribution in [0.1, 0.15) is 72.6 Å². The van der Waals surface area contributed by atoms with Crippen LogP contribution in [0.3, 0.4) is 0 Å². The van der Waals surface area contributed by atoms with Crippen LogP contribution in [0.25, 0.3) is 0 Å². The monoisotopic (exact) mass is 469 g/mol. The maximum Gasteiger partial charge on any atom is 0.326 e. The van der Waals surface area contributed by atoms with Crippen molar-refractivity contribution < 1.29 is 24.3 Å². The van der Waals surface area contributed by atoms with Crippen molar-refractivity contribution in [3.05, 3.63) is 0 Å². The van der Waals surface area contributed by atoms with Gasteiger partial charge in [0.15, 0.2) is 0 Å². The van der Waals surface area contributed by atoms with E-state index in [1.54, 1.807) is 6.92 Å². The lowest BCUT2D eigenvalue weighted by Crippen LogP contribution is -2.58. The highest BCUT2D eigenvalue weighted by atomic mass is 16.4. The van der Waals surface area contributed by atoms with Crippen molar-refractivity contribution in [3.63, 3.8) is 0 Å². The van der Waals surface area contributed by atoms with Gasteiger partial charge >= 0.3 is 5.97 Å². The first-order valence-corrected chi connectivity index (χ1v) is 12.2. The number of nitrogens with two attached hydrogens (primary N) is 2. The second-order valence-electron chi connectivity index (χ2n) is 9.16. The molecule has 0 aromatic rings. The molecule has 7 N–H and O–H groups in total. The molecule has 190 valence electrons. The van der Waals surface area contributed by atoms with Crippen molar-refractivity contribution in [1.29, 1.82) is 0 Å². The Morgan fingerprint density at radius 1 is 1.03 bits per heavy atom. The van der Waals surface area contributed by atoms with Gasteiger partial charge in [0.05, 0.1) is 6.04 Å². The summed E-state index contributed by atoms with van der Waals surface area (Å²) in [4.78, 5) is 52.1. The number of carbonyl (C=O) groups is 4. The van der Waals surface area contributed by atoms with E-state index in [-0.39, 0.29) is 17.7 Å². The van der Waals surface area contributed by atoms with E-state index in [4.69, 9.17) is 11.5 Å². The molecular formula is C23H43N5O5. The molecule has 33 heavy (non-hydrogen) atoms. The number of carboxylic acids is 1. The first-order chi connectivity index (χ1) is 15.6. The Morgan fingerprint density at radius 3 is 2.18 bits per heavy atom. The molecule has 0 aromatic carbocycles. The van der Waals surface area contributed by atoms with Gasteiger partial charge in [0.25, 0.3) is 0 Å². The highest BCUT2D eigenvalue weighted by Gasteiger charge is 2.40. The summed E-state index contributed by atoms with van der Waals surface area (Å²) in [5, 5.41) is 14.9. The number of carboxylic acid groups (broad SMARTS) is 1. The lowest BCUT2D eigenvalue weighted by atomic mass is 9.96. The van der Waals surface area contributed by atoms with Gasteiger partial charge in [0.2, 0.25) is 17.7 Å². The first kappa shape index (κ1) is 28.8. The first-order valence-electron chi connectivity index (χ1n) is 12.2. The van der Waals surface area contributed by atoms with Crippen molar-refractivity contribution >= 4 is 23.7 Å². The molecule has 1 aliphatic rings. The predicted molar refractivity (Wildman–Crippen MR) is 126 cm³/mol. The van der Waals surface area contributed by atoms with Gasteiger partial charge in [-0.1, -0.05) is 47.0 Å². The summed E-state index contributed by atoms with van der Waals surface area (Å²) in [6, 6.07) is -3.32. The van der Waals surface area contributed by atoms with Crippen LogP contribution < -0.4 is 22.1 Å². The fourth-order valence-corrected chi connectivity index (χ4v) is 4.00. The minimum atomic E-state index is -1.10. The third-order valence-corrected chi connectivity index (χ3v) is 6.70. The van der Waals surface area contributed by atoms with Crippen molar-refractivity contribution in [2.75, 3.05) is 13.1 Å². The SMILES string of the molecule is CCC(C)C(NC(=O)C1CCCN1C(=O)C(NC(=O)C(N)CCCCN)C(C)CC)C(=O)O. The number of nitrogens with zero attached hydrogens (tertiary/aromatic N) is 1. The molecule has 1 aliphatic heterocycles. The van der Waals surface area contributed by atoms with Crippen molar-refractivity contribution in [2.45, 2.75) is 96.8 Å². The lowest BCUT2D eigenvalue weighted by Gasteiger charge is -2.32. The molecular weight excluding hydrogens is 426 g/mol. The van der Waals surface area contributed by atoms with E-state index in [9.17, 15) is 24.3 Å². The number of carbonyl (C=O) groups excluding carboxylic acids is 3. The summed E-state index contributed by atoms with van der Waals surface area (Å²) < 4.78 is 0. The third kappa shape index (κ3) is 8.26. The highest BCUT2D eigenvalue weighted by molar-refractivity contribution is 5.94. The van der Waals surface area contributed by atoms with E-state index in [0.29, 0.717) is 45.2 Å². The molecule has 0 radical (unpaired) electrons. The van der Waals surface area contributed by atoms with Gasteiger partial charge in [-0.3, -0.25) is 14.4 Å². The fourth-order valence-electron chi connectivity index (χ4n) is 4.00. The second kappa shape index (κ2) is 14.1. The standard InChI is InChI=1S/C23H43N5O5/c1-5-14(3)18(26-20(29)16(25)10-7-8-12-24)22(31)28-13-9-11-17(28)21(30)27-19(23(32)33)15(4)6-2/h14-19H,5-13,24-25H2,1-4H3,(H,26,29)(H,27,30)(H,32,33). The predicted octanol–water partition coefficient (Wildman–Crippen LogP) is 0.580. The number of likely N-dealkylation sites (tertiary alicyclic amines) is 1. The molecule has 3 amide bonds. The van der Waals surface area contributed by atoms with Crippen LogP contribution in [-0.4, -0.2) is 71.0 Å². The van der Waals surface area contributed by atoms with Crippen LogP contribution in [0.5, 0.6) is 0 Å². The number of nitrogens with one attached hydrogen (secondary N) is 2. The summed E-state index contributed by atoms with van der Waals surface area (Å²) in [6.07, 6.45) is 4.30. The van der Waals surface area contributed by atoms with Gasteiger partial charge in [-0.2, -0.15) is 0 Å². The van der Waals surface area contributed by atoms with Crippen LogP contribution in [0.15, 0.2) is 0 Å². The highest BCUT2D eigenvalue weighted by Crippen LogP contribution is 2.22. The Bertz CT molecular complexity index is 674. The van der Waals surface area contributed by atoms with Crippen molar-refractivity contribution in [1.82, 2.24) is 15.5 Å². The number of rotatable bonds is 14. The summed E-state index contributed by atoms with van der Waals surface area (Å²) in [5.74, 6) is -2.70. The largest absolute Gasteiger partial charge is 0.480 e. The maximum absolute atomic E-state index is 13.4. The van der Waals surface area contributed by atoms with Gasteiger partial charge in [-0.15, -0.1) is 0 Å². The number of hydrogen-bond donors (Lipinski definition) is 5. The van der Waals surface area contributed by atoms with E-state index in [1.165, 1.54) is 4.90 Å². The molecule has 1 heterocycles. The summed E-state index contributed by atoms with van der Waals surface area (Å²) in [6.45, 7) is 8.33. The molecule has 1 fully saturated rings. The molecule has 0 aliphatic carbocycles. The van der Waals surface area contributed by atoms with E-state index in [2.05, 4.69) is 10.6 Å². The number of amides is 3. The van der Waals surface area contributed by atoms with E-state index >= 15 is 0 Å². The summed E-state index contributed by atoms with van der Waals surface area (Å²) in [7, 11) is 0. The van der Waals surface area contributed by atoms with Gasteiger partial charge in [-0.05, 0) is 44.1 Å². The van der Waals surface area contributed by atoms with Crippen molar-refractivity contribution in [3.8, 4) is 0 Å². The Morgan fingerprint density at radius 2 is 1.64 bits per heavy atom. The van der Waals surface area contributed by atoms with E-state index in [0.717, 1.165) is 12.8 Å². The quantitative estimate of drug-likeness (QED) is 0.232. The molecule has 0 bridgehead atoms. The molecule has 6 atom stereocenters. The minimum absolute atomic E-state index is 0.158. The minimum Gasteiger partial charge on any atom is -0.480 e. The fraction of sp³-hybridized carbons (Fsp3) is 0.826. The molecule has 6 unspecified atom stereocenters. The lowest BCUT2D eigenvalue weighted by molar-refractivity contribution is -0.146. The molecule has 10 heteroatoms. The van der Waals surface area contributed by atoms with Gasteiger partial charge in [-0.25, -0.2) is 4.79 Å². The van der Waals surface area contributed by atoms with Crippen molar-refractivity contribution in [2.24, 2.45) is 23.3 Å². The van der Waals surface area contributed by atoms with E-state index < -0.39 is 42.0 Å². The Labute approximate surface area is 197 Å². The molecule has 0 saturated carbocycles. The molecule has 1 saturated heterocycles. The van der Waals surface area contributed by atoms with Crippen LogP contribution in [0.4, 0.5) is 0 Å². The smallest absolute Gasteiger partial charge is 0.326 e. The van der Waals surface area contributed by atoms with Gasteiger partial charge in [0.1, 0.15) is 18.1 Å². The zero-order valence-corrected chi connectivity index (χ0v) is 20.5. The van der Waals surface area contributed by atoms with Gasteiger partial charge in [0, 0.05) is 6.54 Å². The van der Waals surface area contributed by atoms with Crippen LogP contribution in [0, 0.1) is 11.8 Å². The summed E-state index contributed by atoms with van der Waals surface area (Å²) >= 11 is 0. The molecule has 0 aromatic heterocycles. The van der Waals surface area contributed by atoms with Crippen LogP contribution in [0.2, 0.25) is 0 Å². The molecule has 10 nitrogen and oxygen atoms in total. The Balaban J connectivity index is 2.94.